The molecule has 3 aromatic rings. The molecule has 0 spiro atoms. The van der Waals surface area contributed by atoms with Crippen LogP contribution in [0.25, 0.3) is 11.3 Å². The van der Waals surface area contributed by atoms with Gasteiger partial charge in [-0.2, -0.15) is 10.2 Å². The van der Waals surface area contributed by atoms with Gasteiger partial charge in [0.1, 0.15) is 11.5 Å². The predicted molar refractivity (Wildman–Crippen MR) is 90.3 cm³/mol. The smallest absolute Gasteiger partial charge is 0.272 e. The number of hydrogen-bond donors (Lipinski definition) is 1. The molecule has 6 nitrogen and oxygen atoms in total. The number of likely N-dealkylation sites (tertiary alicyclic amines) is 1. The van der Waals surface area contributed by atoms with Gasteiger partial charge in [0.05, 0.1) is 18.3 Å². The zero-order chi connectivity index (χ0) is 17.2. The van der Waals surface area contributed by atoms with Crippen molar-refractivity contribution in [2.45, 2.75) is 25.4 Å². The first-order valence-electron chi connectivity index (χ1n) is 8.30. The highest BCUT2D eigenvalue weighted by molar-refractivity contribution is 5.93. The molecule has 0 saturated carbocycles. The predicted octanol–water partition coefficient (Wildman–Crippen LogP) is 2.72. The third-order valence-corrected chi connectivity index (χ3v) is 4.54. The standard InChI is InChI=1S/C18H18FN5O/c19-14-6-4-13(5-7-14)16-11-17(22-21-16)18(25)24-10-1-3-15(24)12-23-9-2-8-20-23/h2,4-9,11,15H,1,3,10,12H2,(H,21,22)/t15-/m1/s1. The summed E-state index contributed by atoms with van der Waals surface area (Å²) in [7, 11) is 0. The summed E-state index contributed by atoms with van der Waals surface area (Å²) in [6.07, 6.45) is 5.59. The minimum atomic E-state index is -0.297. The van der Waals surface area contributed by atoms with Crippen molar-refractivity contribution in [2.24, 2.45) is 0 Å². The number of aromatic nitrogens is 4. The zero-order valence-corrected chi connectivity index (χ0v) is 13.6. The first kappa shape index (κ1) is 15.6. The summed E-state index contributed by atoms with van der Waals surface area (Å²) in [5, 5.41) is 11.2. The van der Waals surface area contributed by atoms with Crippen LogP contribution in [-0.2, 0) is 6.54 Å². The van der Waals surface area contributed by atoms with Crippen LogP contribution < -0.4 is 0 Å². The van der Waals surface area contributed by atoms with E-state index in [4.69, 9.17) is 0 Å². The van der Waals surface area contributed by atoms with E-state index in [0.29, 0.717) is 17.9 Å². The molecule has 7 heteroatoms. The second kappa shape index (κ2) is 6.51. The van der Waals surface area contributed by atoms with E-state index in [9.17, 15) is 9.18 Å². The van der Waals surface area contributed by atoms with E-state index in [0.717, 1.165) is 24.9 Å². The number of hydrogen-bond acceptors (Lipinski definition) is 3. The average Bonchev–Trinajstić information content (AvgIpc) is 3.37. The average molecular weight is 339 g/mol. The molecular formula is C18H18FN5O. The zero-order valence-electron chi connectivity index (χ0n) is 13.6. The first-order chi connectivity index (χ1) is 12.2. The van der Waals surface area contributed by atoms with Crippen LogP contribution in [0.3, 0.4) is 0 Å². The van der Waals surface area contributed by atoms with Crippen LogP contribution in [0.15, 0.2) is 48.8 Å². The van der Waals surface area contributed by atoms with Gasteiger partial charge < -0.3 is 4.90 Å². The summed E-state index contributed by atoms with van der Waals surface area (Å²) in [6, 6.07) is 9.79. The summed E-state index contributed by atoms with van der Waals surface area (Å²) in [5.41, 5.74) is 1.85. The molecule has 0 unspecified atom stereocenters. The number of nitrogens with zero attached hydrogens (tertiary/aromatic N) is 4. The number of H-pyrrole nitrogens is 1. The van der Waals surface area contributed by atoms with Crippen molar-refractivity contribution >= 4 is 5.91 Å². The molecule has 1 N–H and O–H groups in total. The number of aromatic amines is 1. The lowest BCUT2D eigenvalue weighted by molar-refractivity contribution is 0.0715. The Hall–Kier alpha value is -2.96. The Labute approximate surface area is 144 Å². The van der Waals surface area contributed by atoms with Crippen molar-refractivity contribution in [3.63, 3.8) is 0 Å². The Bertz CT molecular complexity index is 856. The first-order valence-corrected chi connectivity index (χ1v) is 8.30. The summed E-state index contributed by atoms with van der Waals surface area (Å²) < 4.78 is 14.9. The van der Waals surface area contributed by atoms with Crippen molar-refractivity contribution in [1.82, 2.24) is 24.9 Å². The van der Waals surface area contributed by atoms with Gasteiger partial charge in [-0.1, -0.05) is 0 Å². The molecule has 4 rings (SSSR count). The Morgan fingerprint density at radius 1 is 1.32 bits per heavy atom. The molecule has 0 bridgehead atoms. The molecule has 3 heterocycles. The van der Waals surface area contributed by atoms with E-state index in [1.54, 1.807) is 24.4 Å². The molecule has 0 aliphatic carbocycles. The van der Waals surface area contributed by atoms with Crippen LogP contribution >= 0.6 is 0 Å². The maximum atomic E-state index is 13.0. The fourth-order valence-electron chi connectivity index (χ4n) is 3.27. The van der Waals surface area contributed by atoms with Crippen molar-refractivity contribution in [3.05, 3.63) is 60.3 Å². The second-order valence-electron chi connectivity index (χ2n) is 6.20. The van der Waals surface area contributed by atoms with Gasteiger partial charge in [-0.3, -0.25) is 14.6 Å². The lowest BCUT2D eigenvalue weighted by Crippen LogP contribution is -2.38. The summed E-state index contributed by atoms with van der Waals surface area (Å²) >= 11 is 0. The molecule has 1 fully saturated rings. The monoisotopic (exact) mass is 339 g/mol. The molecule has 25 heavy (non-hydrogen) atoms. The normalized spacial score (nSPS) is 17.2. The van der Waals surface area contributed by atoms with Gasteiger partial charge in [-0.25, -0.2) is 4.39 Å². The minimum absolute atomic E-state index is 0.0597. The lowest BCUT2D eigenvalue weighted by Gasteiger charge is -2.24. The SMILES string of the molecule is O=C(c1cc(-c2ccc(F)cc2)n[nH]1)N1CCC[C@@H]1Cn1cccn1. The van der Waals surface area contributed by atoms with Gasteiger partial charge in [0.25, 0.3) is 5.91 Å². The fourth-order valence-corrected chi connectivity index (χ4v) is 3.27. The molecule has 0 radical (unpaired) electrons. The molecule has 128 valence electrons. The van der Waals surface area contributed by atoms with Crippen LogP contribution in [0.2, 0.25) is 0 Å². The third kappa shape index (κ3) is 3.17. The molecule has 1 atom stereocenters. The maximum absolute atomic E-state index is 13.0. The fraction of sp³-hybridized carbons (Fsp3) is 0.278. The number of carbonyl (C=O) groups is 1. The molecular weight excluding hydrogens is 321 g/mol. The highest BCUT2D eigenvalue weighted by Gasteiger charge is 2.30. The van der Waals surface area contributed by atoms with E-state index >= 15 is 0 Å². The van der Waals surface area contributed by atoms with Crippen LogP contribution in [-0.4, -0.2) is 43.4 Å². The molecule has 1 amide bonds. The molecule has 1 aromatic carbocycles. The number of halogens is 1. The van der Waals surface area contributed by atoms with E-state index < -0.39 is 0 Å². The Morgan fingerprint density at radius 3 is 2.92 bits per heavy atom. The minimum Gasteiger partial charge on any atom is -0.332 e. The maximum Gasteiger partial charge on any atom is 0.272 e. The largest absolute Gasteiger partial charge is 0.332 e. The van der Waals surface area contributed by atoms with Crippen molar-refractivity contribution < 1.29 is 9.18 Å². The molecule has 2 aromatic heterocycles. The van der Waals surface area contributed by atoms with Crippen molar-refractivity contribution in [1.29, 1.82) is 0 Å². The number of nitrogens with one attached hydrogen (secondary N) is 1. The second-order valence-corrected chi connectivity index (χ2v) is 6.20. The van der Waals surface area contributed by atoms with E-state index in [-0.39, 0.29) is 17.8 Å². The summed E-state index contributed by atoms with van der Waals surface area (Å²) in [4.78, 5) is 14.7. The van der Waals surface area contributed by atoms with Gasteiger partial charge in [0.15, 0.2) is 0 Å². The van der Waals surface area contributed by atoms with Crippen LogP contribution in [0.4, 0.5) is 4.39 Å². The van der Waals surface area contributed by atoms with Gasteiger partial charge >= 0.3 is 0 Å². The van der Waals surface area contributed by atoms with Gasteiger partial charge in [0.2, 0.25) is 0 Å². The highest BCUT2D eigenvalue weighted by Crippen LogP contribution is 2.23. The van der Waals surface area contributed by atoms with E-state index in [1.807, 2.05) is 21.8 Å². The number of rotatable bonds is 4. The summed E-state index contributed by atoms with van der Waals surface area (Å²) in [5.74, 6) is -0.357. The van der Waals surface area contributed by atoms with Crippen LogP contribution in [0, 0.1) is 5.82 Å². The van der Waals surface area contributed by atoms with Crippen LogP contribution in [0.1, 0.15) is 23.3 Å². The Morgan fingerprint density at radius 2 is 2.16 bits per heavy atom. The Kier molecular flexibility index (Phi) is 4.05. The van der Waals surface area contributed by atoms with Crippen LogP contribution in [0.5, 0.6) is 0 Å². The quantitative estimate of drug-likeness (QED) is 0.795. The van der Waals surface area contributed by atoms with E-state index in [1.165, 1.54) is 12.1 Å². The molecule has 1 aliphatic rings. The van der Waals surface area contributed by atoms with Crippen molar-refractivity contribution in [2.75, 3.05) is 6.54 Å². The van der Waals surface area contributed by atoms with Gasteiger partial charge in [-0.05, 0) is 49.2 Å². The number of amides is 1. The van der Waals surface area contributed by atoms with E-state index in [2.05, 4.69) is 15.3 Å². The Balaban J connectivity index is 1.51. The summed E-state index contributed by atoms with van der Waals surface area (Å²) in [6.45, 7) is 1.42. The molecule has 1 aliphatic heterocycles. The topological polar surface area (TPSA) is 66.8 Å². The van der Waals surface area contributed by atoms with Gasteiger partial charge in [-0.15, -0.1) is 0 Å². The third-order valence-electron chi connectivity index (χ3n) is 4.54. The molecule has 1 saturated heterocycles. The van der Waals surface area contributed by atoms with Crippen molar-refractivity contribution in [3.8, 4) is 11.3 Å². The van der Waals surface area contributed by atoms with Gasteiger partial charge in [0, 0.05) is 24.5 Å². The number of carbonyl (C=O) groups excluding carboxylic acids is 1. The lowest BCUT2D eigenvalue weighted by atomic mass is 10.1. The highest BCUT2D eigenvalue weighted by atomic mass is 19.1. The number of benzene rings is 1.